The summed E-state index contributed by atoms with van der Waals surface area (Å²) in [6, 6.07) is 31.4. The molecule has 0 aliphatic heterocycles. The SMILES string of the molecule is C=C/C(=C\c1c(C)c(-c2ccccc2)c(C=C)c(C=C)c1-c1ccccc1)c1ccccc1.CCC. The van der Waals surface area contributed by atoms with Gasteiger partial charge in [-0.15, -0.1) is 0 Å². The molecule has 0 saturated carbocycles. The topological polar surface area (TPSA) is 0 Å². The third-order valence-corrected chi connectivity index (χ3v) is 6.04. The molecule has 4 aromatic rings. The van der Waals surface area contributed by atoms with Crippen molar-refractivity contribution in [2.75, 3.05) is 0 Å². The van der Waals surface area contributed by atoms with E-state index in [0.29, 0.717) is 0 Å². The van der Waals surface area contributed by atoms with Crippen LogP contribution in [0, 0.1) is 6.92 Å². The Balaban J connectivity index is 0.00000115. The minimum Gasteiger partial charge on any atom is -0.0984 e. The largest absolute Gasteiger partial charge is 0.0984 e. The van der Waals surface area contributed by atoms with Gasteiger partial charge in [-0.05, 0) is 68.6 Å². The van der Waals surface area contributed by atoms with Gasteiger partial charge in [-0.25, -0.2) is 0 Å². The fourth-order valence-electron chi connectivity index (χ4n) is 4.48. The Labute approximate surface area is 217 Å². The highest BCUT2D eigenvalue weighted by atomic mass is 14.2. The van der Waals surface area contributed by atoms with Gasteiger partial charge in [-0.3, -0.25) is 0 Å². The molecule has 0 atom stereocenters. The van der Waals surface area contributed by atoms with E-state index in [1.165, 1.54) is 28.7 Å². The van der Waals surface area contributed by atoms with Crippen LogP contribution in [0.4, 0.5) is 0 Å². The molecule has 0 heterocycles. The zero-order chi connectivity index (χ0) is 25.9. The van der Waals surface area contributed by atoms with Gasteiger partial charge < -0.3 is 0 Å². The molecule has 0 amide bonds. The van der Waals surface area contributed by atoms with Crippen LogP contribution in [-0.4, -0.2) is 0 Å². The summed E-state index contributed by atoms with van der Waals surface area (Å²) < 4.78 is 0. The van der Waals surface area contributed by atoms with E-state index in [-0.39, 0.29) is 0 Å². The van der Waals surface area contributed by atoms with Gasteiger partial charge in [0.1, 0.15) is 0 Å². The number of hydrogen-bond acceptors (Lipinski definition) is 0. The summed E-state index contributed by atoms with van der Waals surface area (Å²) in [7, 11) is 0. The molecule has 0 heteroatoms. The molecule has 4 rings (SSSR count). The van der Waals surface area contributed by atoms with Crippen LogP contribution in [0.1, 0.15) is 48.1 Å². The smallest absolute Gasteiger partial charge is 0.00297 e. The predicted octanol–water partition coefficient (Wildman–Crippen LogP) is 10.8. The fraction of sp³-hybridized carbons (Fsp3) is 0.111. The van der Waals surface area contributed by atoms with Gasteiger partial charge in [-0.2, -0.15) is 0 Å². The Morgan fingerprint density at radius 1 is 0.611 bits per heavy atom. The lowest BCUT2D eigenvalue weighted by molar-refractivity contribution is 1.09. The maximum atomic E-state index is 4.20. The summed E-state index contributed by atoms with van der Waals surface area (Å²) in [5.74, 6) is 0. The molecular weight excluding hydrogens is 432 g/mol. The molecule has 0 nitrogen and oxygen atoms in total. The molecule has 180 valence electrons. The van der Waals surface area contributed by atoms with Crippen molar-refractivity contribution in [2.24, 2.45) is 0 Å². The van der Waals surface area contributed by atoms with Gasteiger partial charge in [0.2, 0.25) is 0 Å². The maximum Gasteiger partial charge on any atom is -0.00297 e. The van der Waals surface area contributed by atoms with Crippen LogP contribution < -0.4 is 0 Å². The van der Waals surface area contributed by atoms with E-state index in [0.717, 1.165) is 33.4 Å². The van der Waals surface area contributed by atoms with E-state index in [1.54, 1.807) is 0 Å². The number of rotatable bonds is 7. The quantitative estimate of drug-likeness (QED) is 0.187. The average Bonchev–Trinajstić information content (AvgIpc) is 2.93. The molecule has 36 heavy (non-hydrogen) atoms. The second kappa shape index (κ2) is 13.1. The monoisotopic (exact) mass is 468 g/mol. The third-order valence-electron chi connectivity index (χ3n) is 6.04. The number of allylic oxidation sites excluding steroid dienone is 2. The van der Waals surface area contributed by atoms with Crippen LogP contribution in [-0.2, 0) is 0 Å². The molecule has 0 aromatic heterocycles. The Morgan fingerprint density at radius 2 is 1.03 bits per heavy atom. The molecule has 0 fully saturated rings. The Morgan fingerprint density at radius 3 is 1.47 bits per heavy atom. The van der Waals surface area contributed by atoms with E-state index in [4.69, 9.17) is 0 Å². The molecule has 4 aromatic carbocycles. The van der Waals surface area contributed by atoms with Gasteiger partial charge in [0.15, 0.2) is 0 Å². The van der Waals surface area contributed by atoms with Crippen molar-refractivity contribution < 1.29 is 0 Å². The minimum absolute atomic E-state index is 1.08. The lowest BCUT2D eigenvalue weighted by atomic mass is 9.81. The highest BCUT2D eigenvalue weighted by Crippen LogP contribution is 2.42. The molecule has 0 unspecified atom stereocenters. The van der Waals surface area contributed by atoms with Crippen LogP contribution in [0.5, 0.6) is 0 Å². The number of hydrogen-bond donors (Lipinski definition) is 0. The van der Waals surface area contributed by atoms with E-state index >= 15 is 0 Å². The molecular formula is C36H36. The van der Waals surface area contributed by atoms with Crippen LogP contribution in [0.2, 0.25) is 0 Å². The average molecular weight is 469 g/mol. The van der Waals surface area contributed by atoms with Gasteiger partial charge >= 0.3 is 0 Å². The number of benzene rings is 4. The summed E-state index contributed by atoms with van der Waals surface area (Å²) in [5, 5.41) is 0. The van der Waals surface area contributed by atoms with Crippen molar-refractivity contribution in [3.05, 3.63) is 145 Å². The summed E-state index contributed by atoms with van der Waals surface area (Å²) >= 11 is 0. The maximum absolute atomic E-state index is 4.20. The molecule has 0 spiro atoms. The van der Waals surface area contributed by atoms with E-state index in [9.17, 15) is 0 Å². The van der Waals surface area contributed by atoms with Crippen molar-refractivity contribution in [1.29, 1.82) is 0 Å². The molecule has 0 radical (unpaired) electrons. The molecule has 0 aliphatic rings. The third kappa shape index (κ3) is 5.73. The van der Waals surface area contributed by atoms with Crippen LogP contribution in [0.25, 0.3) is 46.1 Å². The predicted molar refractivity (Wildman–Crippen MR) is 163 cm³/mol. The van der Waals surface area contributed by atoms with E-state index in [1.807, 2.05) is 36.4 Å². The molecule has 0 N–H and O–H groups in total. The van der Waals surface area contributed by atoms with E-state index < -0.39 is 0 Å². The first-order valence-corrected chi connectivity index (χ1v) is 12.6. The van der Waals surface area contributed by atoms with Gasteiger partial charge in [0.05, 0.1) is 0 Å². The molecule has 0 bridgehead atoms. The van der Waals surface area contributed by atoms with Crippen molar-refractivity contribution in [3.8, 4) is 22.3 Å². The minimum atomic E-state index is 1.08. The summed E-state index contributed by atoms with van der Waals surface area (Å²) in [6.45, 7) is 18.9. The lowest BCUT2D eigenvalue weighted by Gasteiger charge is -2.23. The van der Waals surface area contributed by atoms with Gasteiger partial charge in [0.25, 0.3) is 0 Å². The Bertz CT molecular complexity index is 1340. The Kier molecular flexibility index (Phi) is 9.60. The van der Waals surface area contributed by atoms with Crippen LogP contribution in [0.3, 0.4) is 0 Å². The zero-order valence-corrected chi connectivity index (χ0v) is 21.8. The van der Waals surface area contributed by atoms with E-state index in [2.05, 4.69) is 119 Å². The van der Waals surface area contributed by atoms with Gasteiger partial charge in [-0.1, -0.05) is 149 Å². The lowest BCUT2D eigenvalue weighted by Crippen LogP contribution is -2.01. The summed E-state index contributed by atoms with van der Waals surface area (Å²) in [5.41, 5.74) is 11.4. The van der Waals surface area contributed by atoms with Crippen LogP contribution in [0.15, 0.2) is 117 Å². The molecule has 0 aliphatic carbocycles. The van der Waals surface area contributed by atoms with Crippen molar-refractivity contribution in [3.63, 3.8) is 0 Å². The van der Waals surface area contributed by atoms with Crippen molar-refractivity contribution in [2.45, 2.75) is 27.2 Å². The fourth-order valence-corrected chi connectivity index (χ4v) is 4.48. The van der Waals surface area contributed by atoms with Crippen molar-refractivity contribution in [1.82, 2.24) is 0 Å². The standard InChI is InChI=1S/C33H28.C3H8/c1-5-25(26-17-11-8-12-18-26)23-31-24(4)32(27-19-13-9-14-20-27)29(6-2)30(7-3)33(31)28-21-15-10-16-22-28;1-3-2/h5-23H,1-3H2,4H3;3H2,1-2H3/b25-23+;. The van der Waals surface area contributed by atoms with Crippen LogP contribution >= 0.6 is 0 Å². The normalized spacial score (nSPS) is 10.7. The zero-order valence-electron chi connectivity index (χ0n) is 21.8. The summed E-state index contributed by atoms with van der Waals surface area (Å²) in [4.78, 5) is 0. The second-order valence-electron chi connectivity index (χ2n) is 8.63. The first-order valence-electron chi connectivity index (χ1n) is 12.6. The highest BCUT2D eigenvalue weighted by Gasteiger charge is 2.20. The van der Waals surface area contributed by atoms with Crippen molar-refractivity contribution >= 4 is 23.8 Å². The first kappa shape index (κ1) is 26.4. The first-order chi connectivity index (χ1) is 17.6. The summed E-state index contributed by atoms with van der Waals surface area (Å²) in [6.07, 6.45) is 9.35. The highest BCUT2D eigenvalue weighted by molar-refractivity contribution is 5.99. The molecule has 0 saturated heterocycles. The Hall–Kier alpha value is -4.16. The van der Waals surface area contributed by atoms with Gasteiger partial charge in [0, 0.05) is 0 Å². The second-order valence-corrected chi connectivity index (χ2v) is 8.63.